The Morgan fingerprint density at radius 1 is 1.12 bits per heavy atom. The van der Waals surface area contributed by atoms with E-state index in [4.69, 9.17) is 5.73 Å². The molecule has 1 aliphatic heterocycles. The molecule has 1 aromatic carbocycles. The van der Waals surface area contributed by atoms with Crippen molar-refractivity contribution in [2.45, 2.75) is 50.7 Å². The summed E-state index contributed by atoms with van der Waals surface area (Å²) < 4.78 is 0. The van der Waals surface area contributed by atoms with Crippen LogP contribution < -0.4 is 11.1 Å². The molecule has 1 aliphatic rings. The van der Waals surface area contributed by atoms with Gasteiger partial charge < -0.3 is 5.73 Å². The predicted octanol–water partition coefficient (Wildman–Crippen LogP) is 2.44. The van der Waals surface area contributed by atoms with Crippen LogP contribution in [0.3, 0.4) is 0 Å². The summed E-state index contributed by atoms with van der Waals surface area (Å²) in [5.74, 6) is 0. The highest BCUT2D eigenvalue weighted by molar-refractivity contribution is 5.14. The lowest BCUT2D eigenvalue weighted by Crippen LogP contribution is -2.42. The molecule has 3 N–H and O–H groups in total. The molecule has 1 fully saturated rings. The normalized spacial score (nSPS) is 26.3. The Morgan fingerprint density at radius 2 is 1.88 bits per heavy atom. The molecule has 2 heteroatoms. The summed E-state index contributed by atoms with van der Waals surface area (Å²) in [6, 6.07) is 11.3. The molecule has 1 heterocycles. The van der Waals surface area contributed by atoms with Crippen LogP contribution in [0, 0.1) is 0 Å². The number of hydrogen-bond donors (Lipinski definition) is 2. The van der Waals surface area contributed by atoms with Crippen LogP contribution in [-0.2, 0) is 6.42 Å². The molecule has 2 unspecified atom stereocenters. The molecule has 0 aromatic heterocycles. The Kier molecular flexibility index (Phi) is 4.37. The van der Waals surface area contributed by atoms with Gasteiger partial charge in [0.25, 0.3) is 0 Å². The molecule has 0 saturated carbocycles. The van der Waals surface area contributed by atoms with E-state index in [1.54, 1.807) is 0 Å². The molecule has 0 spiro atoms. The molecule has 2 atom stereocenters. The van der Waals surface area contributed by atoms with Crippen molar-refractivity contribution >= 4 is 0 Å². The van der Waals surface area contributed by atoms with Crippen LogP contribution in [0.25, 0.3) is 0 Å². The topological polar surface area (TPSA) is 38.0 Å². The van der Waals surface area contributed by atoms with E-state index in [0.717, 1.165) is 12.8 Å². The SMILES string of the molecule is NC1CCCCC(CCc2ccccc2)N1. The zero-order valence-electron chi connectivity index (χ0n) is 9.86. The summed E-state index contributed by atoms with van der Waals surface area (Å²) in [4.78, 5) is 0. The maximum atomic E-state index is 5.98. The average Bonchev–Trinajstić information content (AvgIpc) is 2.52. The molecular formula is C14H22N2. The number of nitrogens with one attached hydrogen (secondary N) is 1. The Labute approximate surface area is 98.2 Å². The second kappa shape index (κ2) is 6.02. The van der Waals surface area contributed by atoms with E-state index in [1.165, 1.54) is 31.2 Å². The molecule has 0 bridgehead atoms. The molecule has 1 saturated heterocycles. The standard InChI is InChI=1S/C14H22N2/c15-14-9-5-4-8-13(16-14)11-10-12-6-2-1-3-7-12/h1-3,6-7,13-14,16H,4-5,8-11,15H2. The summed E-state index contributed by atoms with van der Waals surface area (Å²) in [6.07, 6.45) is 7.57. The van der Waals surface area contributed by atoms with Gasteiger partial charge in [-0.3, -0.25) is 5.32 Å². The van der Waals surface area contributed by atoms with E-state index >= 15 is 0 Å². The molecule has 2 rings (SSSR count). The van der Waals surface area contributed by atoms with E-state index in [9.17, 15) is 0 Å². The highest BCUT2D eigenvalue weighted by atomic mass is 15.0. The quantitative estimate of drug-likeness (QED) is 0.817. The van der Waals surface area contributed by atoms with E-state index in [-0.39, 0.29) is 6.17 Å². The van der Waals surface area contributed by atoms with E-state index < -0.39 is 0 Å². The van der Waals surface area contributed by atoms with Crippen LogP contribution in [0.4, 0.5) is 0 Å². The first-order chi connectivity index (χ1) is 7.84. The summed E-state index contributed by atoms with van der Waals surface area (Å²) in [5.41, 5.74) is 7.42. The van der Waals surface area contributed by atoms with Crippen molar-refractivity contribution in [2.24, 2.45) is 5.73 Å². The molecule has 1 aromatic rings. The lowest BCUT2D eigenvalue weighted by atomic mass is 10.0. The zero-order chi connectivity index (χ0) is 11.2. The second-order valence-corrected chi connectivity index (χ2v) is 4.78. The van der Waals surface area contributed by atoms with Crippen molar-refractivity contribution in [2.75, 3.05) is 0 Å². The Balaban J connectivity index is 1.80. The van der Waals surface area contributed by atoms with Gasteiger partial charge in [0.05, 0.1) is 6.17 Å². The Hall–Kier alpha value is -0.860. The van der Waals surface area contributed by atoms with Gasteiger partial charge in [-0.15, -0.1) is 0 Å². The van der Waals surface area contributed by atoms with Crippen LogP contribution >= 0.6 is 0 Å². The van der Waals surface area contributed by atoms with Crippen molar-refractivity contribution in [1.82, 2.24) is 5.32 Å². The number of benzene rings is 1. The number of rotatable bonds is 3. The highest BCUT2D eigenvalue weighted by Gasteiger charge is 2.15. The van der Waals surface area contributed by atoms with Crippen LogP contribution in [0.5, 0.6) is 0 Å². The van der Waals surface area contributed by atoms with Crippen molar-refractivity contribution < 1.29 is 0 Å². The predicted molar refractivity (Wildman–Crippen MR) is 68.1 cm³/mol. The minimum atomic E-state index is 0.211. The lowest BCUT2D eigenvalue weighted by molar-refractivity contribution is 0.417. The van der Waals surface area contributed by atoms with Gasteiger partial charge in [-0.25, -0.2) is 0 Å². The van der Waals surface area contributed by atoms with E-state index in [2.05, 4.69) is 35.6 Å². The van der Waals surface area contributed by atoms with Crippen LogP contribution in [0.15, 0.2) is 30.3 Å². The summed E-state index contributed by atoms with van der Waals surface area (Å²) in [6.45, 7) is 0. The van der Waals surface area contributed by atoms with Crippen LogP contribution in [0.1, 0.15) is 37.7 Å². The third-order valence-corrected chi connectivity index (χ3v) is 3.39. The average molecular weight is 218 g/mol. The summed E-state index contributed by atoms with van der Waals surface area (Å²) >= 11 is 0. The van der Waals surface area contributed by atoms with E-state index in [1.807, 2.05) is 0 Å². The summed E-state index contributed by atoms with van der Waals surface area (Å²) in [5, 5.41) is 3.53. The van der Waals surface area contributed by atoms with Crippen LogP contribution in [-0.4, -0.2) is 12.2 Å². The van der Waals surface area contributed by atoms with Gasteiger partial charge in [-0.1, -0.05) is 43.2 Å². The molecule has 16 heavy (non-hydrogen) atoms. The van der Waals surface area contributed by atoms with Gasteiger partial charge >= 0.3 is 0 Å². The van der Waals surface area contributed by atoms with Gasteiger partial charge in [-0.05, 0) is 31.2 Å². The first-order valence-electron chi connectivity index (χ1n) is 6.40. The van der Waals surface area contributed by atoms with Gasteiger partial charge in [0, 0.05) is 6.04 Å². The Bertz CT molecular complexity index is 297. The zero-order valence-corrected chi connectivity index (χ0v) is 9.86. The fraction of sp³-hybridized carbons (Fsp3) is 0.571. The fourth-order valence-corrected chi connectivity index (χ4v) is 2.44. The second-order valence-electron chi connectivity index (χ2n) is 4.78. The molecule has 88 valence electrons. The monoisotopic (exact) mass is 218 g/mol. The minimum Gasteiger partial charge on any atom is -0.316 e. The molecular weight excluding hydrogens is 196 g/mol. The Morgan fingerprint density at radius 3 is 2.69 bits per heavy atom. The number of hydrogen-bond acceptors (Lipinski definition) is 2. The molecule has 2 nitrogen and oxygen atoms in total. The van der Waals surface area contributed by atoms with Crippen molar-refractivity contribution in [3.8, 4) is 0 Å². The van der Waals surface area contributed by atoms with Gasteiger partial charge in [0.2, 0.25) is 0 Å². The van der Waals surface area contributed by atoms with Crippen molar-refractivity contribution in [3.63, 3.8) is 0 Å². The first kappa shape index (κ1) is 11.6. The third kappa shape index (κ3) is 3.62. The van der Waals surface area contributed by atoms with Gasteiger partial charge in [-0.2, -0.15) is 0 Å². The maximum absolute atomic E-state index is 5.98. The fourth-order valence-electron chi connectivity index (χ4n) is 2.44. The smallest absolute Gasteiger partial charge is 0.0548 e. The van der Waals surface area contributed by atoms with E-state index in [0.29, 0.717) is 6.04 Å². The van der Waals surface area contributed by atoms with Crippen LogP contribution in [0.2, 0.25) is 0 Å². The molecule has 0 amide bonds. The minimum absolute atomic E-state index is 0.211. The molecule has 0 aliphatic carbocycles. The number of nitrogens with two attached hydrogens (primary N) is 1. The van der Waals surface area contributed by atoms with Crippen molar-refractivity contribution in [3.05, 3.63) is 35.9 Å². The number of aryl methyl sites for hydroxylation is 1. The molecule has 0 radical (unpaired) electrons. The maximum Gasteiger partial charge on any atom is 0.0548 e. The van der Waals surface area contributed by atoms with Gasteiger partial charge in [0.1, 0.15) is 0 Å². The summed E-state index contributed by atoms with van der Waals surface area (Å²) in [7, 11) is 0. The third-order valence-electron chi connectivity index (χ3n) is 3.39. The van der Waals surface area contributed by atoms with Gasteiger partial charge in [0.15, 0.2) is 0 Å². The largest absolute Gasteiger partial charge is 0.316 e. The lowest BCUT2D eigenvalue weighted by Gasteiger charge is -2.19. The highest BCUT2D eigenvalue weighted by Crippen LogP contribution is 2.15. The van der Waals surface area contributed by atoms with Crippen molar-refractivity contribution in [1.29, 1.82) is 0 Å². The first-order valence-corrected chi connectivity index (χ1v) is 6.40.